The van der Waals surface area contributed by atoms with E-state index in [1.54, 1.807) is 0 Å². The molecule has 1 aliphatic carbocycles. The standard InChI is InChI=1S/C15H25NO3/c1-3-13-11-4-7-16(8-12(13)10-18-9-11)14(17)19-15(2)5-6-15/h11-13H,3-10H2,1-2H3/t11?,12?,13-/m0/s1. The largest absolute Gasteiger partial charge is 0.443 e. The third-order valence-corrected chi connectivity index (χ3v) is 5.12. The van der Waals surface area contributed by atoms with Crippen LogP contribution in [0, 0.1) is 17.8 Å². The molecular formula is C15H25NO3. The van der Waals surface area contributed by atoms with E-state index in [2.05, 4.69) is 6.92 Å². The zero-order valence-electron chi connectivity index (χ0n) is 12.1. The summed E-state index contributed by atoms with van der Waals surface area (Å²) >= 11 is 0. The van der Waals surface area contributed by atoms with E-state index in [1.165, 1.54) is 6.42 Å². The van der Waals surface area contributed by atoms with Gasteiger partial charge in [0, 0.05) is 25.6 Å². The minimum Gasteiger partial charge on any atom is -0.443 e. The van der Waals surface area contributed by atoms with Crippen LogP contribution in [-0.2, 0) is 9.47 Å². The van der Waals surface area contributed by atoms with E-state index in [-0.39, 0.29) is 11.7 Å². The highest BCUT2D eigenvalue weighted by molar-refractivity contribution is 5.68. The molecule has 3 fully saturated rings. The number of amides is 1. The number of carbonyl (C=O) groups is 1. The third-order valence-electron chi connectivity index (χ3n) is 5.12. The Kier molecular flexibility index (Phi) is 3.46. The molecule has 19 heavy (non-hydrogen) atoms. The Morgan fingerprint density at radius 1 is 1.37 bits per heavy atom. The summed E-state index contributed by atoms with van der Waals surface area (Å²) in [7, 11) is 0. The van der Waals surface area contributed by atoms with Crippen LogP contribution in [0.15, 0.2) is 0 Å². The molecule has 2 aliphatic heterocycles. The second-order valence-electron chi connectivity index (χ2n) is 6.68. The van der Waals surface area contributed by atoms with Gasteiger partial charge in [0.2, 0.25) is 0 Å². The van der Waals surface area contributed by atoms with E-state index in [0.29, 0.717) is 17.8 Å². The molecule has 2 heterocycles. The van der Waals surface area contributed by atoms with Crippen molar-refractivity contribution in [2.75, 3.05) is 26.3 Å². The van der Waals surface area contributed by atoms with Gasteiger partial charge in [-0.05, 0) is 38.0 Å². The molecule has 3 rings (SSSR count). The lowest BCUT2D eigenvalue weighted by Crippen LogP contribution is -2.40. The predicted molar refractivity (Wildman–Crippen MR) is 71.9 cm³/mol. The summed E-state index contributed by atoms with van der Waals surface area (Å²) in [5, 5.41) is 0. The minimum absolute atomic E-state index is 0.109. The molecule has 3 atom stereocenters. The lowest BCUT2D eigenvalue weighted by atomic mass is 9.78. The van der Waals surface area contributed by atoms with Gasteiger partial charge in [-0.1, -0.05) is 13.3 Å². The monoisotopic (exact) mass is 267 g/mol. The molecule has 108 valence electrons. The van der Waals surface area contributed by atoms with Gasteiger partial charge < -0.3 is 14.4 Å². The molecule has 0 aromatic carbocycles. The normalized spacial score (nSPS) is 36.5. The summed E-state index contributed by atoms with van der Waals surface area (Å²) in [5.74, 6) is 1.83. The van der Waals surface area contributed by atoms with E-state index >= 15 is 0 Å². The molecule has 0 aromatic heterocycles. The minimum atomic E-state index is -0.168. The molecule has 1 amide bonds. The lowest BCUT2D eigenvalue weighted by Gasteiger charge is -2.35. The summed E-state index contributed by atoms with van der Waals surface area (Å²) in [6.45, 7) is 7.60. The number of likely N-dealkylation sites (tertiary alicyclic amines) is 1. The molecule has 2 bridgehead atoms. The maximum absolute atomic E-state index is 12.3. The van der Waals surface area contributed by atoms with Gasteiger partial charge in [-0.25, -0.2) is 4.79 Å². The van der Waals surface area contributed by atoms with Crippen molar-refractivity contribution in [3.05, 3.63) is 0 Å². The molecule has 4 nitrogen and oxygen atoms in total. The van der Waals surface area contributed by atoms with Crippen LogP contribution in [0.2, 0.25) is 0 Å². The van der Waals surface area contributed by atoms with Crippen molar-refractivity contribution in [2.45, 2.75) is 45.1 Å². The molecule has 1 saturated carbocycles. The molecule has 2 unspecified atom stereocenters. The first-order chi connectivity index (χ1) is 9.11. The van der Waals surface area contributed by atoms with Gasteiger partial charge in [-0.2, -0.15) is 0 Å². The highest BCUT2D eigenvalue weighted by atomic mass is 16.6. The van der Waals surface area contributed by atoms with Crippen molar-refractivity contribution < 1.29 is 14.3 Å². The molecular weight excluding hydrogens is 242 g/mol. The summed E-state index contributed by atoms with van der Waals surface area (Å²) in [6.07, 6.45) is 4.17. The number of ether oxygens (including phenoxy) is 2. The van der Waals surface area contributed by atoms with Gasteiger partial charge >= 0.3 is 6.09 Å². The SMILES string of the molecule is CC[C@H]1C2CCN(C(=O)OC3(C)CC3)CC1COC2. The van der Waals surface area contributed by atoms with E-state index < -0.39 is 0 Å². The number of hydrogen-bond acceptors (Lipinski definition) is 3. The van der Waals surface area contributed by atoms with Gasteiger partial charge in [-0.3, -0.25) is 0 Å². The van der Waals surface area contributed by atoms with Gasteiger partial charge in [0.1, 0.15) is 5.60 Å². The predicted octanol–water partition coefficient (Wildman–Crippen LogP) is 2.67. The average Bonchev–Trinajstić information content (AvgIpc) is 3.11. The third kappa shape index (κ3) is 2.73. The molecule has 0 spiro atoms. The van der Waals surface area contributed by atoms with Gasteiger partial charge in [0.15, 0.2) is 0 Å². The van der Waals surface area contributed by atoms with Crippen molar-refractivity contribution in [1.82, 2.24) is 4.90 Å². The fraction of sp³-hybridized carbons (Fsp3) is 0.933. The van der Waals surface area contributed by atoms with E-state index in [9.17, 15) is 4.79 Å². The Balaban J connectivity index is 1.65. The van der Waals surface area contributed by atoms with E-state index in [1.807, 2.05) is 11.8 Å². The van der Waals surface area contributed by atoms with Crippen molar-refractivity contribution >= 4 is 6.09 Å². The maximum Gasteiger partial charge on any atom is 0.410 e. The summed E-state index contributed by atoms with van der Waals surface area (Å²) < 4.78 is 11.3. The highest BCUT2D eigenvalue weighted by Crippen LogP contribution is 2.40. The van der Waals surface area contributed by atoms with Crippen LogP contribution in [0.25, 0.3) is 0 Å². The van der Waals surface area contributed by atoms with Crippen LogP contribution in [0.4, 0.5) is 4.79 Å². The van der Waals surface area contributed by atoms with Crippen LogP contribution in [0.3, 0.4) is 0 Å². The fourth-order valence-corrected chi connectivity index (χ4v) is 3.57. The fourth-order valence-electron chi connectivity index (χ4n) is 3.57. The van der Waals surface area contributed by atoms with Gasteiger partial charge in [0.25, 0.3) is 0 Å². The first-order valence-electron chi connectivity index (χ1n) is 7.67. The van der Waals surface area contributed by atoms with E-state index in [4.69, 9.17) is 9.47 Å². The van der Waals surface area contributed by atoms with E-state index in [0.717, 1.165) is 45.6 Å². The van der Waals surface area contributed by atoms with Crippen molar-refractivity contribution in [3.63, 3.8) is 0 Å². The summed E-state index contributed by atoms with van der Waals surface area (Å²) in [5.41, 5.74) is -0.168. The molecule has 4 heteroatoms. The van der Waals surface area contributed by atoms with Crippen LogP contribution >= 0.6 is 0 Å². The van der Waals surface area contributed by atoms with Crippen LogP contribution < -0.4 is 0 Å². The summed E-state index contributed by atoms with van der Waals surface area (Å²) in [6, 6.07) is 0. The molecule has 2 saturated heterocycles. The van der Waals surface area contributed by atoms with Crippen LogP contribution in [0.5, 0.6) is 0 Å². The Morgan fingerprint density at radius 3 is 2.79 bits per heavy atom. The van der Waals surface area contributed by atoms with Crippen LogP contribution in [0.1, 0.15) is 39.5 Å². The molecule has 0 N–H and O–H groups in total. The second-order valence-corrected chi connectivity index (χ2v) is 6.68. The Hall–Kier alpha value is -0.770. The smallest absolute Gasteiger partial charge is 0.410 e. The van der Waals surface area contributed by atoms with Gasteiger partial charge in [0.05, 0.1) is 6.61 Å². The first kappa shape index (κ1) is 13.2. The Morgan fingerprint density at radius 2 is 2.11 bits per heavy atom. The maximum atomic E-state index is 12.3. The molecule has 3 aliphatic rings. The second kappa shape index (κ2) is 4.97. The molecule has 0 radical (unpaired) electrons. The Bertz CT molecular complexity index is 353. The van der Waals surface area contributed by atoms with Crippen LogP contribution in [-0.4, -0.2) is 42.9 Å². The first-order valence-corrected chi connectivity index (χ1v) is 7.67. The average molecular weight is 267 g/mol. The number of nitrogens with zero attached hydrogens (tertiary/aromatic N) is 1. The highest BCUT2D eigenvalue weighted by Gasteiger charge is 2.44. The Labute approximate surface area is 115 Å². The van der Waals surface area contributed by atoms with Crippen molar-refractivity contribution in [1.29, 1.82) is 0 Å². The number of carbonyl (C=O) groups excluding carboxylic acids is 1. The van der Waals surface area contributed by atoms with Gasteiger partial charge in [-0.15, -0.1) is 0 Å². The number of rotatable bonds is 2. The van der Waals surface area contributed by atoms with Crippen molar-refractivity contribution in [3.8, 4) is 0 Å². The number of fused-ring (bicyclic) bond motifs is 2. The van der Waals surface area contributed by atoms with Crippen molar-refractivity contribution in [2.24, 2.45) is 17.8 Å². The zero-order chi connectivity index (χ0) is 13.5. The zero-order valence-corrected chi connectivity index (χ0v) is 12.1. The quantitative estimate of drug-likeness (QED) is 0.772. The topological polar surface area (TPSA) is 38.8 Å². The lowest BCUT2D eigenvalue weighted by molar-refractivity contribution is -0.0271. The number of hydrogen-bond donors (Lipinski definition) is 0. The molecule has 0 aromatic rings. The summed E-state index contributed by atoms with van der Waals surface area (Å²) in [4.78, 5) is 14.2.